The van der Waals surface area contributed by atoms with Gasteiger partial charge < -0.3 is 19.7 Å². The van der Waals surface area contributed by atoms with Crippen LogP contribution in [0, 0.1) is 23.7 Å². The molecule has 0 amide bonds. The van der Waals surface area contributed by atoms with Crippen molar-refractivity contribution < 1.29 is 19.7 Å². The largest absolute Gasteiger partial charge is 0.377 e. The fourth-order valence-corrected chi connectivity index (χ4v) is 1.94. The fraction of sp³-hybridized carbons (Fsp3) is 0.692. The molecule has 2 N–H and O–H groups in total. The van der Waals surface area contributed by atoms with Gasteiger partial charge in [-0.1, -0.05) is 23.7 Å². The summed E-state index contributed by atoms with van der Waals surface area (Å²) >= 11 is 0. The molecule has 4 atom stereocenters. The number of aliphatic hydroxyl groups excluding tert-OH is 2. The molecule has 92 valence electrons. The highest BCUT2D eigenvalue weighted by molar-refractivity contribution is 5.18. The second-order valence-electron chi connectivity index (χ2n) is 4.65. The molecule has 4 nitrogen and oxygen atoms in total. The Morgan fingerprint density at radius 3 is 1.76 bits per heavy atom. The molecule has 17 heavy (non-hydrogen) atoms. The lowest BCUT2D eigenvalue weighted by Crippen LogP contribution is -2.25. The van der Waals surface area contributed by atoms with E-state index in [1.165, 1.54) is 0 Å². The molecular weight excluding hydrogens is 220 g/mol. The maximum Gasteiger partial charge on any atom is 0.163 e. The Kier molecular flexibility index (Phi) is 3.42. The normalized spacial score (nSPS) is 39.3. The molecule has 0 radical (unpaired) electrons. The van der Waals surface area contributed by atoms with Crippen LogP contribution >= 0.6 is 0 Å². The van der Waals surface area contributed by atoms with Gasteiger partial charge in [0.05, 0.1) is 12.2 Å². The average Bonchev–Trinajstić information content (AvgIpc) is 2.52. The van der Waals surface area contributed by atoms with Crippen LogP contribution in [0.25, 0.3) is 0 Å². The summed E-state index contributed by atoms with van der Waals surface area (Å²) in [5.74, 6) is 10.1. The molecule has 2 rings (SSSR count). The van der Waals surface area contributed by atoms with Gasteiger partial charge in [-0.05, 0) is 13.8 Å². The Morgan fingerprint density at radius 2 is 1.35 bits per heavy atom. The number of aliphatic hydroxyl groups is 2. The van der Waals surface area contributed by atoms with Crippen LogP contribution in [0.2, 0.25) is 0 Å². The first kappa shape index (κ1) is 12.4. The van der Waals surface area contributed by atoms with Crippen molar-refractivity contribution in [3.8, 4) is 23.7 Å². The van der Waals surface area contributed by atoms with E-state index < -0.39 is 18.0 Å². The van der Waals surface area contributed by atoms with Crippen molar-refractivity contribution in [2.45, 2.75) is 56.9 Å². The zero-order chi connectivity index (χ0) is 12.5. The minimum atomic E-state index is -1.12. The van der Waals surface area contributed by atoms with Gasteiger partial charge in [-0.3, -0.25) is 0 Å². The Labute approximate surface area is 101 Å². The Bertz CT molecular complexity index is 369. The van der Waals surface area contributed by atoms with Crippen molar-refractivity contribution in [2.24, 2.45) is 0 Å². The van der Waals surface area contributed by atoms with Crippen LogP contribution in [0.5, 0.6) is 0 Å². The van der Waals surface area contributed by atoms with Crippen LogP contribution in [0.15, 0.2) is 0 Å². The van der Waals surface area contributed by atoms with Crippen molar-refractivity contribution >= 4 is 0 Å². The fourth-order valence-electron chi connectivity index (χ4n) is 1.94. The predicted octanol–water partition coefficient (Wildman–Crippen LogP) is 0.0289. The molecule has 2 aliphatic rings. The third-order valence-corrected chi connectivity index (χ3v) is 2.69. The second kappa shape index (κ2) is 4.68. The smallest absolute Gasteiger partial charge is 0.163 e. The molecule has 1 heterocycles. The summed E-state index contributed by atoms with van der Waals surface area (Å²) in [6.07, 6.45) is -1.55. The predicted molar refractivity (Wildman–Crippen MR) is 60.6 cm³/mol. The van der Waals surface area contributed by atoms with E-state index in [4.69, 9.17) is 9.47 Å². The van der Waals surface area contributed by atoms with Crippen LogP contribution in [0.1, 0.15) is 26.7 Å². The van der Waals surface area contributed by atoms with E-state index in [0.717, 1.165) is 0 Å². The van der Waals surface area contributed by atoms with Crippen molar-refractivity contribution in [3.63, 3.8) is 0 Å². The summed E-state index contributed by atoms with van der Waals surface area (Å²) in [7, 11) is 0. The molecule has 0 saturated carbocycles. The first-order valence-corrected chi connectivity index (χ1v) is 5.66. The topological polar surface area (TPSA) is 58.9 Å². The molecule has 0 aromatic heterocycles. The zero-order valence-electron chi connectivity index (χ0n) is 9.93. The van der Waals surface area contributed by atoms with Gasteiger partial charge >= 0.3 is 0 Å². The maximum atomic E-state index is 9.44. The number of rotatable bonds is 0. The third-order valence-electron chi connectivity index (χ3n) is 2.69. The molecular formula is C13H16O4. The molecule has 1 aliphatic heterocycles. The number of fused-ring (bicyclic) bond motifs is 1. The minimum Gasteiger partial charge on any atom is -0.377 e. The first-order valence-electron chi connectivity index (χ1n) is 5.66. The van der Waals surface area contributed by atoms with Crippen LogP contribution < -0.4 is 0 Å². The van der Waals surface area contributed by atoms with Crippen LogP contribution in [0.3, 0.4) is 0 Å². The molecule has 0 aromatic carbocycles. The van der Waals surface area contributed by atoms with E-state index in [1.54, 1.807) is 0 Å². The summed E-state index contributed by atoms with van der Waals surface area (Å²) in [5.41, 5.74) is 0. The molecule has 0 aromatic rings. The van der Waals surface area contributed by atoms with Gasteiger partial charge in [0.25, 0.3) is 0 Å². The van der Waals surface area contributed by atoms with Gasteiger partial charge in [0.15, 0.2) is 18.0 Å². The van der Waals surface area contributed by atoms with Crippen LogP contribution in [-0.4, -0.2) is 40.4 Å². The van der Waals surface area contributed by atoms with Crippen molar-refractivity contribution in [1.29, 1.82) is 0 Å². The molecule has 0 spiro atoms. The SMILES string of the molecule is CC1(C)O[C@H]2CC#CC(O)C(O)C#CC[C@@H]2O1. The summed E-state index contributed by atoms with van der Waals surface area (Å²) in [5, 5.41) is 18.9. The summed E-state index contributed by atoms with van der Waals surface area (Å²) < 4.78 is 11.4. The van der Waals surface area contributed by atoms with E-state index in [0.29, 0.717) is 12.8 Å². The second-order valence-corrected chi connectivity index (χ2v) is 4.65. The van der Waals surface area contributed by atoms with E-state index >= 15 is 0 Å². The van der Waals surface area contributed by atoms with Crippen LogP contribution in [0.4, 0.5) is 0 Å². The van der Waals surface area contributed by atoms with Crippen LogP contribution in [-0.2, 0) is 9.47 Å². The Balaban J connectivity index is 2.16. The molecule has 1 saturated heterocycles. The third kappa shape index (κ3) is 3.00. The molecule has 1 fully saturated rings. The number of ether oxygens (including phenoxy) is 2. The van der Waals surface area contributed by atoms with Gasteiger partial charge in [0.2, 0.25) is 0 Å². The number of hydrogen-bond acceptors (Lipinski definition) is 4. The first-order chi connectivity index (χ1) is 7.98. The van der Waals surface area contributed by atoms with Gasteiger partial charge in [-0.2, -0.15) is 0 Å². The van der Waals surface area contributed by atoms with E-state index in [2.05, 4.69) is 23.7 Å². The summed E-state index contributed by atoms with van der Waals surface area (Å²) in [6, 6.07) is 0. The van der Waals surface area contributed by atoms with E-state index in [1.807, 2.05) is 13.8 Å². The Hall–Kier alpha value is -1.04. The van der Waals surface area contributed by atoms with Gasteiger partial charge in [0.1, 0.15) is 0 Å². The maximum absolute atomic E-state index is 9.44. The van der Waals surface area contributed by atoms with Crippen molar-refractivity contribution in [1.82, 2.24) is 0 Å². The molecule has 1 aliphatic carbocycles. The molecule has 4 heteroatoms. The lowest BCUT2D eigenvalue weighted by molar-refractivity contribution is -0.145. The lowest BCUT2D eigenvalue weighted by atomic mass is 10.1. The number of hydrogen-bond donors (Lipinski definition) is 2. The van der Waals surface area contributed by atoms with Crippen molar-refractivity contribution in [3.05, 3.63) is 0 Å². The average molecular weight is 236 g/mol. The highest BCUT2D eigenvalue weighted by Crippen LogP contribution is 2.31. The molecule has 2 unspecified atom stereocenters. The van der Waals surface area contributed by atoms with Gasteiger partial charge in [-0.15, -0.1) is 0 Å². The lowest BCUT2D eigenvalue weighted by Gasteiger charge is -2.16. The van der Waals surface area contributed by atoms with E-state index in [-0.39, 0.29) is 12.2 Å². The summed E-state index contributed by atoms with van der Waals surface area (Å²) in [6.45, 7) is 3.70. The van der Waals surface area contributed by atoms with Gasteiger partial charge in [-0.25, -0.2) is 0 Å². The Morgan fingerprint density at radius 1 is 0.941 bits per heavy atom. The standard InChI is InChI=1S/C13H16O4/c1-13(2)16-11-7-3-5-9(14)10(15)6-4-8-12(11)17-13/h9-12,14-15H,7-8H2,1-2H3/t9?,10?,11-,12-/m0/s1. The monoisotopic (exact) mass is 236 g/mol. The minimum absolute atomic E-state index is 0.130. The zero-order valence-corrected chi connectivity index (χ0v) is 9.93. The summed E-state index contributed by atoms with van der Waals surface area (Å²) in [4.78, 5) is 0. The van der Waals surface area contributed by atoms with Crippen molar-refractivity contribution in [2.75, 3.05) is 0 Å². The van der Waals surface area contributed by atoms with Gasteiger partial charge in [0, 0.05) is 12.8 Å². The van der Waals surface area contributed by atoms with E-state index in [9.17, 15) is 10.2 Å². The highest BCUT2D eigenvalue weighted by Gasteiger charge is 2.40. The highest BCUT2D eigenvalue weighted by atomic mass is 16.7. The quantitative estimate of drug-likeness (QED) is 0.583. The molecule has 0 bridgehead atoms.